The number of carbonyl (C=O) groups excluding carboxylic acids is 1. The van der Waals surface area contributed by atoms with E-state index >= 15 is 0 Å². The third kappa shape index (κ3) is 4.23. The van der Waals surface area contributed by atoms with E-state index in [2.05, 4.69) is 15.6 Å². The molecular weight excluding hydrogens is 446 g/mol. The Hall–Kier alpha value is -4.53. The summed E-state index contributed by atoms with van der Waals surface area (Å²) in [7, 11) is 1.57. The summed E-state index contributed by atoms with van der Waals surface area (Å²) in [5.41, 5.74) is 2.61. The van der Waals surface area contributed by atoms with Crippen molar-refractivity contribution in [2.45, 2.75) is 19.9 Å². The second-order valence-electron chi connectivity index (χ2n) is 7.90. The number of fused-ring (bicyclic) bond motifs is 1. The number of benzene rings is 2. The molecule has 0 aliphatic carbocycles. The van der Waals surface area contributed by atoms with Crippen molar-refractivity contribution < 1.29 is 18.7 Å². The minimum Gasteiger partial charge on any atom is -0.495 e. The van der Waals surface area contributed by atoms with E-state index in [0.29, 0.717) is 46.8 Å². The van der Waals surface area contributed by atoms with Gasteiger partial charge in [0.05, 0.1) is 31.2 Å². The van der Waals surface area contributed by atoms with Gasteiger partial charge in [-0.3, -0.25) is 4.79 Å². The summed E-state index contributed by atoms with van der Waals surface area (Å²) in [6, 6.07) is 18.0. The number of hydrogen-bond acceptors (Lipinski definition) is 7. The average Bonchev–Trinajstić information content (AvgIpc) is 3.54. The lowest BCUT2D eigenvalue weighted by Gasteiger charge is -2.29. The van der Waals surface area contributed by atoms with Gasteiger partial charge in [-0.05, 0) is 55.8 Å². The van der Waals surface area contributed by atoms with Gasteiger partial charge in [-0.15, -0.1) is 5.10 Å². The largest absolute Gasteiger partial charge is 0.495 e. The fourth-order valence-corrected chi connectivity index (χ4v) is 4.11. The van der Waals surface area contributed by atoms with Crippen LogP contribution in [0.1, 0.15) is 25.5 Å². The third-order valence-corrected chi connectivity index (χ3v) is 5.70. The Bertz CT molecular complexity index is 1370. The zero-order chi connectivity index (χ0) is 24.4. The van der Waals surface area contributed by atoms with Crippen LogP contribution in [0.5, 0.6) is 11.5 Å². The first-order valence-electron chi connectivity index (χ1n) is 11.2. The van der Waals surface area contributed by atoms with E-state index in [9.17, 15) is 4.79 Å². The number of para-hydroxylation sites is 2. The standard InChI is InChI=1S/C26H25N5O4/c1-4-34-18-13-11-17(12-14-18)23-22(25(32)28-19-8-5-6-9-20(19)33-3)16(2)27-26-29-24(30-31(23)26)21-10-7-15-35-21/h5-15,23H,4H2,1-3H3,(H,28,32)(H,27,29,30). The number of carbonyl (C=O) groups is 1. The van der Waals surface area contributed by atoms with E-state index in [1.54, 1.807) is 42.3 Å². The van der Waals surface area contributed by atoms with Crippen LogP contribution in [0.25, 0.3) is 11.6 Å². The van der Waals surface area contributed by atoms with Crippen LogP contribution < -0.4 is 20.1 Å². The van der Waals surface area contributed by atoms with E-state index in [1.807, 2.05) is 50.2 Å². The van der Waals surface area contributed by atoms with Crippen LogP contribution >= 0.6 is 0 Å². The topological polar surface area (TPSA) is 103 Å². The molecule has 4 aromatic rings. The third-order valence-electron chi connectivity index (χ3n) is 5.70. The quantitative estimate of drug-likeness (QED) is 0.396. The Kier molecular flexibility index (Phi) is 5.97. The van der Waals surface area contributed by atoms with E-state index < -0.39 is 6.04 Å². The Morgan fingerprint density at radius 1 is 1.14 bits per heavy atom. The minimum atomic E-state index is -0.534. The van der Waals surface area contributed by atoms with Gasteiger partial charge in [0.2, 0.25) is 11.8 Å². The zero-order valence-corrected chi connectivity index (χ0v) is 19.6. The number of aromatic nitrogens is 3. The van der Waals surface area contributed by atoms with Crippen molar-refractivity contribution in [1.29, 1.82) is 0 Å². The van der Waals surface area contributed by atoms with Gasteiger partial charge < -0.3 is 24.5 Å². The predicted octanol–water partition coefficient (Wildman–Crippen LogP) is 4.87. The average molecular weight is 472 g/mol. The molecule has 3 heterocycles. The van der Waals surface area contributed by atoms with Crippen molar-refractivity contribution >= 4 is 17.5 Å². The lowest BCUT2D eigenvalue weighted by molar-refractivity contribution is -0.113. The number of allylic oxidation sites excluding steroid dienone is 1. The molecule has 5 rings (SSSR count). The number of methoxy groups -OCH3 is 1. The fourth-order valence-electron chi connectivity index (χ4n) is 4.11. The molecule has 0 spiro atoms. The molecule has 2 aromatic heterocycles. The lowest BCUT2D eigenvalue weighted by atomic mass is 9.95. The second kappa shape index (κ2) is 9.38. The maximum Gasteiger partial charge on any atom is 0.255 e. The minimum absolute atomic E-state index is 0.279. The molecule has 1 amide bonds. The molecule has 1 unspecified atom stereocenters. The summed E-state index contributed by atoms with van der Waals surface area (Å²) in [6.45, 7) is 4.35. The molecule has 0 fully saturated rings. The maximum atomic E-state index is 13.7. The highest BCUT2D eigenvalue weighted by Gasteiger charge is 2.35. The van der Waals surface area contributed by atoms with Crippen molar-refractivity contribution in [1.82, 2.24) is 14.8 Å². The molecule has 2 N–H and O–H groups in total. The number of nitrogens with one attached hydrogen (secondary N) is 2. The molecule has 0 saturated heterocycles. The van der Waals surface area contributed by atoms with Crippen LogP contribution in [0.3, 0.4) is 0 Å². The number of amides is 1. The van der Waals surface area contributed by atoms with Gasteiger partial charge in [-0.25, -0.2) is 4.68 Å². The smallest absolute Gasteiger partial charge is 0.255 e. The molecular formula is C26H25N5O4. The van der Waals surface area contributed by atoms with E-state index in [0.717, 1.165) is 11.3 Å². The molecule has 1 aliphatic rings. The maximum absolute atomic E-state index is 13.7. The highest BCUT2D eigenvalue weighted by Crippen LogP contribution is 2.38. The summed E-state index contributed by atoms with van der Waals surface area (Å²) >= 11 is 0. The van der Waals surface area contributed by atoms with Crippen molar-refractivity contribution in [3.8, 4) is 23.1 Å². The van der Waals surface area contributed by atoms with Gasteiger partial charge in [0.15, 0.2) is 5.76 Å². The van der Waals surface area contributed by atoms with Crippen LogP contribution in [0.2, 0.25) is 0 Å². The summed E-state index contributed by atoms with van der Waals surface area (Å²) in [5.74, 6) is 2.52. The Morgan fingerprint density at radius 2 is 1.94 bits per heavy atom. The number of rotatable bonds is 7. The van der Waals surface area contributed by atoms with E-state index in [4.69, 9.17) is 19.0 Å². The summed E-state index contributed by atoms with van der Waals surface area (Å²) < 4.78 is 18.2. The van der Waals surface area contributed by atoms with Gasteiger partial charge in [-0.2, -0.15) is 4.98 Å². The monoisotopic (exact) mass is 471 g/mol. The Balaban J connectivity index is 1.58. The van der Waals surface area contributed by atoms with Crippen molar-refractivity contribution in [3.05, 3.63) is 83.8 Å². The highest BCUT2D eigenvalue weighted by atomic mass is 16.5. The fraction of sp³-hybridized carbons (Fsp3) is 0.192. The highest BCUT2D eigenvalue weighted by molar-refractivity contribution is 6.06. The lowest BCUT2D eigenvalue weighted by Crippen LogP contribution is -2.31. The van der Waals surface area contributed by atoms with Crippen LogP contribution in [-0.2, 0) is 4.79 Å². The molecule has 178 valence electrons. The van der Waals surface area contributed by atoms with Crippen LogP contribution in [-0.4, -0.2) is 34.4 Å². The predicted molar refractivity (Wildman–Crippen MR) is 131 cm³/mol. The molecule has 0 saturated carbocycles. The summed E-state index contributed by atoms with van der Waals surface area (Å²) in [5, 5.41) is 10.9. The van der Waals surface area contributed by atoms with Gasteiger partial charge in [0.1, 0.15) is 17.5 Å². The number of furan rings is 1. The molecule has 0 radical (unpaired) electrons. The van der Waals surface area contributed by atoms with Crippen LogP contribution in [0.15, 0.2) is 82.6 Å². The first-order chi connectivity index (χ1) is 17.1. The van der Waals surface area contributed by atoms with E-state index in [1.165, 1.54) is 0 Å². The van der Waals surface area contributed by atoms with Crippen LogP contribution in [0, 0.1) is 0 Å². The molecule has 2 aromatic carbocycles. The van der Waals surface area contributed by atoms with Gasteiger partial charge >= 0.3 is 0 Å². The first kappa shape index (κ1) is 22.3. The number of nitrogens with zero attached hydrogens (tertiary/aromatic N) is 3. The van der Waals surface area contributed by atoms with Gasteiger partial charge in [-0.1, -0.05) is 24.3 Å². The summed E-state index contributed by atoms with van der Waals surface area (Å²) in [4.78, 5) is 18.3. The second-order valence-corrected chi connectivity index (χ2v) is 7.90. The summed E-state index contributed by atoms with van der Waals surface area (Å²) in [6.07, 6.45) is 1.57. The number of anilines is 2. The van der Waals surface area contributed by atoms with Crippen LogP contribution in [0.4, 0.5) is 11.6 Å². The van der Waals surface area contributed by atoms with Gasteiger partial charge in [0, 0.05) is 5.70 Å². The number of hydrogen-bond donors (Lipinski definition) is 2. The SMILES string of the molecule is CCOc1ccc(C2C(C(=O)Nc3ccccc3OC)=C(C)Nc3nc(-c4ccco4)nn32)cc1. The number of ether oxygens (including phenoxy) is 2. The normalized spacial score (nSPS) is 14.8. The van der Waals surface area contributed by atoms with Crippen molar-refractivity contribution in [2.75, 3.05) is 24.4 Å². The zero-order valence-electron chi connectivity index (χ0n) is 19.6. The molecule has 1 aliphatic heterocycles. The molecule has 1 atom stereocenters. The molecule has 0 bridgehead atoms. The molecule has 9 nitrogen and oxygen atoms in total. The Labute approximate surface area is 202 Å². The van der Waals surface area contributed by atoms with Crippen molar-refractivity contribution in [3.63, 3.8) is 0 Å². The van der Waals surface area contributed by atoms with Crippen molar-refractivity contribution in [2.24, 2.45) is 0 Å². The molecule has 9 heteroatoms. The van der Waals surface area contributed by atoms with Gasteiger partial charge in [0.25, 0.3) is 5.91 Å². The first-order valence-corrected chi connectivity index (χ1v) is 11.2. The molecule has 35 heavy (non-hydrogen) atoms. The Morgan fingerprint density at radius 3 is 2.66 bits per heavy atom. The van der Waals surface area contributed by atoms with E-state index in [-0.39, 0.29) is 5.91 Å².